The van der Waals surface area contributed by atoms with Crippen LogP contribution in [0.15, 0.2) is 53.3 Å². The third kappa shape index (κ3) is 3.76. The van der Waals surface area contributed by atoms with Gasteiger partial charge in [-0.1, -0.05) is 31.2 Å². The van der Waals surface area contributed by atoms with Crippen molar-refractivity contribution in [1.82, 2.24) is 24.5 Å². The van der Waals surface area contributed by atoms with Crippen LogP contribution in [0, 0.1) is 0 Å². The lowest BCUT2D eigenvalue weighted by atomic mass is 10.2. The van der Waals surface area contributed by atoms with E-state index < -0.39 is 0 Å². The first-order valence-corrected chi connectivity index (χ1v) is 9.87. The second kappa shape index (κ2) is 8.36. The third-order valence-electron chi connectivity index (χ3n) is 4.92. The number of ether oxygens (including phenoxy) is 1. The molecule has 30 heavy (non-hydrogen) atoms. The number of carbonyl (C=O) groups is 1. The Morgan fingerprint density at radius 3 is 2.63 bits per heavy atom. The fraction of sp³-hybridized carbons (Fsp3) is 0.273. The minimum atomic E-state index is -0.377. The second-order valence-electron chi connectivity index (χ2n) is 7.02. The molecule has 154 valence electrons. The summed E-state index contributed by atoms with van der Waals surface area (Å²) in [5, 5.41) is 8.01. The van der Waals surface area contributed by atoms with Crippen LogP contribution in [0.3, 0.4) is 0 Å². The zero-order valence-electron chi connectivity index (χ0n) is 17.0. The molecule has 0 atom stereocenters. The summed E-state index contributed by atoms with van der Waals surface area (Å²) >= 11 is 0. The van der Waals surface area contributed by atoms with Gasteiger partial charge in [-0.05, 0) is 36.2 Å². The van der Waals surface area contributed by atoms with Crippen molar-refractivity contribution in [3.63, 3.8) is 0 Å². The molecule has 0 radical (unpaired) electrons. The minimum absolute atomic E-state index is 0.103. The number of para-hydroxylation sites is 1. The van der Waals surface area contributed by atoms with E-state index in [-0.39, 0.29) is 18.1 Å². The number of rotatable bonds is 7. The smallest absolute Gasteiger partial charge is 0.351 e. The summed E-state index contributed by atoms with van der Waals surface area (Å²) < 4.78 is 7.88. The Balaban J connectivity index is 1.62. The molecule has 0 saturated carbocycles. The fourth-order valence-corrected chi connectivity index (χ4v) is 3.40. The molecule has 4 rings (SSSR count). The topological polar surface area (TPSA) is 90.5 Å². The van der Waals surface area contributed by atoms with Crippen molar-refractivity contribution in [1.29, 1.82) is 0 Å². The summed E-state index contributed by atoms with van der Waals surface area (Å²) in [4.78, 5) is 30.2. The van der Waals surface area contributed by atoms with E-state index in [0.717, 1.165) is 23.1 Å². The Labute approximate surface area is 173 Å². The van der Waals surface area contributed by atoms with E-state index in [1.165, 1.54) is 9.08 Å². The zero-order chi connectivity index (χ0) is 21.1. The van der Waals surface area contributed by atoms with Gasteiger partial charge in [-0.25, -0.2) is 9.78 Å². The van der Waals surface area contributed by atoms with E-state index in [0.29, 0.717) is 30.0 Å². The standard InChI is InChI=1S/C22H23N5O3/c1-3-6-19-24-21-17-7-4-5-8-18(17)26(22(29)27(21)25-19)14-20(28)23-13-15-9-11-16(30-2)12-10-15/h4-5,7-12H,3,6,13-14H2,1-2H3,(H,23,28). The van der Waals surface area contributed by atoms with Gasteiger partial charge in [-0.2, -0.15) is 4.52 Å². The lowest BCUT2D eigenvalue weighted by Gasteiger charge is -2.11. The number of hydrogen-bond donors (Lipinski definition) is 1. The Kier molecular flexibility index (Phi) is 5.47. The van der Waals surface area contributed by atoms with Gasteiger partial charge < -0.3 is 10.1 Å². The molecular formula is C22H23N5O3. The lowest BCUT2D eigenvalue weighted by Crippen LogP contribution is -2.35. The van der Waals surface area contributed by atoms with Gasteiger partial charge in [0.25, 0.3) is 0 Å². The highest BCUT2D eigenvalue weighted by molar-refractivity contribution is 5.92. The number of nitrogens with one attached hydrogen (secondary N) is 1. The molecule has 0 aliphatic rings. The molecule has 0 spiro atoms. The number of fused-ring (bicyclic) bond motifs is 3. The first-order valence-electron chi connectivity index (χ1n) is 9.87. The SMILES string of the molecule is CCCc1nc2c3ccccc3n(CC(=O)NCc3ccc(OC)cc3)c(=O)n2n1. The van der Waals surface area contributed by atoms with Crippen molar-refractivity contribution >= 4 is 22.5 Å². The minimum Gasteiger partial charge on any atom is -0.497 e. The monoisotopic (exact) mass is 405 g/mol. The maximum absolute atomic E-state index is 13.1. The molecule has 4 aromatic rings. The van der Waals surface area contributed by atoms with Crippen molar-refractivity contribution in [2.24, 2.45) is 0 Å². The maximum atomic E-state index is 13.1. The molecule has 2 heterocycles. The molecule has 0 bridgehead atoms. The third-order valence-corrected chi connectivity index (χ3v) is 4.92. The van der Waals surface area contributed by atoms with Gasteiger partial charge in [0, 0.05) is 18.4 Å². The molecule has 0 aliphatic carbocycles. The highest BCUT2D eigenvalue weighted by Crippen LogP contribution is 2.17. The van der Waals surface area contributed by atoms with Gasteiger partial charge in [0.2, 0.25) is 5.91 Å². The molecule has 0 saturated heterocycles. The second-order valence-corrected chi connectivity index (χ2v) is 7.02. The molecule has 1 amide bonds. The molecule has 8 heteroatoms. The van der Waals surface area contributed by atoms with E-state index in [1.807, 2.05) is 55.5 Å². The van der Waals surface area contributed by atoms with Crippen LogP contribution in [0.25, 0.3) is 16.6 Å². The predicted octanol–water partition coefficient (Wildman–Crippen LogP) is 2.32. The summed E-state index contributed by atoms with van der Waals surface area (Å²) in [6, 6.07) is 14.9. The summed E-state index contributed by atoms with van der Waals surface area (Å²) in [5.74, 6) is 1.12. The molecule has 2 aromatic carbocycles. The summed E-state index contributed by atoms with van der Waals surface area (Å²) in [5.41, 5.74) is 1.74. The van der Waals surface area contributed by atoms with E-state index in [9.17, 15) is 9.59 Å². The number of carbonyl (C=O) groups excluding carboxylic acids is 1. The quantitative estimate of drug-likeness (QED) is 0.510. The molecule has 0 unspecified atom stereocenters. The number of benzene rings is 2. The maximum Gasteiger partial charge on any atom is 0.351 e. The summed E-state index contributed by atoms with van der Waals surface area (Å²) in [6.45, 7) is 2.30. The van der Waals surface area contributed by atoms with Crippen LogP contribution in [0.2, 0.25) is 0 Å². The van der Waals surface area contributed by atoms with Crippen LogP contribution in [-0.2, 0) is 24.3 Å². The van der Waals surface area contributed by atoms with Crippen molar-refractivity contribution in [2.75, 3.05) is 7.11 Å². The number of nitrogens with zero attached hydrogens (tertiary/aromatic N) is 4. The van der Waals surface area contributed by atoms with Gasteiger partial charge in [-0.3, -0.25) is 9.36 Å². The van der Waals surface area contributed by atoms with Crippen LogP contribution in [-0.4, -0.2) is 32.2 Å². The number of methoxy groups -OCH3 is 1. The fourth-order valence-electron chi connectivity index (χ4n) is 3.40. The molecule has 0 aliphatic heterocycles. The van der Waals surface area contributed by atoms with Gasteiger partial charge in [-0.15, -0.1) is 5.10 Å². The Morgan fingerprint density at radius 1 is 1.13 bits per heavy atom. The van der Waals surface area contributed by atoms with Gasteiger partial charge >= 0.3 is 5.69 Å². The molecule has 0 fully saturated rings. The average molecular weight is 405 g/mol. The Bertz CT molecular complexity index is 1260. The first-order chi connectivity index (χ1) is 14.6. The van der Waals surface area contributed by atoms with Crippen LogP contribution >= 0.6 is 0 Å². The zero-order valence-corrected chi connectivity index (χ0v) is 17.0. The van der Waals surface area contributed by atoms with Gasteiger partial charge in [0.05, 0.1) is 12.6 Å². The molecule has 1 N–H and O–H groups in total. The predicted molar refractivity (Wildman–Crippen MR) is 114 cm³/mol. The van der Waals surface area contributed by atoms with Crippen molar-refractivity contribution in [3.8, 4) is 5.75 Å². The lowest BCUT2D eigenvalue weighted by molar-refractivity contribution is -0.121. The van der Waals surface area contributed by atoms with E-state index >= 15 is 0 Å². The van der Waals surface area contributed by atoms with Crippen LogP contribution in [0.5, 0.6) is 5.75 Å². The Morgan fingerprint density at radius 2 is 1.90 bits per heavy atom. The summed E-state index contributed by atoms with van der Waals surface area (Å²) in [6.07, 6.45) is 1.58. The van der Waals surface area contributed by atoms with Crippen molar-refractivity contribution < 1.29 is 9.53 Å². The number of aryl methyl sites for hydroxylation is 1. The first kappa shape index (κ1) is 19.6. The molecular weight excluding hydrogens is 382 g/mol. The normalized spacial score (nSPS) is 11.1. The number of aromatic nitrogens is 4. The highest BCUT2D eigenvalue weighted by atomic mass is 16.5. The number of amides is 1. The largest absolute Gasteiger partial charge is 0.497 e. The van der Waals surface area contributed by atoms with Crippen LogP contribution in [0.4, 0.5) is 0 Å². The average Bonchev–Trinajstić information content (AvgIpc) is 3.20. The Hall–Kier alpha value is -3.68. The molecule has 8 nitrogen and oxygen atoms in total. The summed E-state index contributed by atoms with van der Waals surface area (Å²) in [7, 11) is 1.61. The van der Waals surface area contributed by atoms with Crippen LogP contribution in [0.1, 0.15) is 24.7 Å². The number of hydrogen-bond acceptors (Lipinski definition) is 5. The van der Waals surface area contributed by atoms with Crippen LogP contribution < -0.4 is 15.7 Å². The van der Waals surface area contributed by atoms with E-state index in [4.69, 9.17) is 4.74 Å². The van der Waals surface area contributed by atoms with Crippen molar-refractivity contribution in [2.45, 2.75) is 32.9 Å². The van der Waals surface area contributed by atoms with Gasteiger partial charge in [0.15, 0.2) is 11.5 Å². The van der Waals surface area contributed by atoms with E-state index in [2.05, 4.69) is 15.4 Å². The van der Waals surface area contributed by atoms with Crippen molar-refractivity contribution in [3.05, 3.63) is 70.4 Å². The van der Waals surface area contributed by atoms with Gasteiger partial charge in [0.1, 0.15) is 12.3 Å². The molecule has 2 aromatic heterocycles. The highest BCUT2D eigenvalue weighted by Gasteiger charge is 2.16. The van der Waals surface area contributed by atoms with E-state index in [1.54, 1.807) is 7.11 Å².